The van der Waals surface area contributed by atoms with Crippen LogP contribution in [0.4, 0.5) is 4.39 Å². The molecule has 1 saturated heterocycles. The van der Waals surface area contributed by atoms with Crippen LogP contribution in [0, 0.1) is 11.7 Å². The van der Waals surface area contributed by atoms with Crippen LogP contribution < -0.4 is 5.32 Å². The van der Waals surface area contributed by atoms with Gasteiger partial charge in [-0.1, -0.05) is 13.8 Å². The van der Waals surface area contributed by atoms with E-state index in [2.05, 4.69) is 5.32 Å². The Kier molecular flexibility index (Phi) is 8.10. The zero-order valence-corrected chi connectivity index (χ0v) is 12.2. The molecule has 0 bridgehead atoms. The molecular weight excluding hydrogens is 245 g/mol. The predicted molar refractivity (Wildman–Crippen MR) is 78.7 cm³/mol. The Balaban J connectivity index is 0.000000771. The van der Waals surface area contributed by atoms with Crippen LogP contribution in [0.1, 0.15) is 33.1 Å². The predicted octanol–water partition coefficient (Wildman–Crippen LogP) is 4.33. The van der Waals surface area contributed by atoms with Crippen molar-refractivity contribution in [3.63, 3.8) is 0 Å². The third kappa shape index (κ3) is 5.87. The van der Waals surface area contributed by atoms with Gasteiger partial charge in [-0.25, -0.2) is 4.39 Å². The van der Waals surface area contributed by atoms with Crippen molar-refractivity contribution in [3.05, 3.63) is 30.1 Å². The molecule has 1 heterocycles. The number of thioether (sulfide) groups is 1. The van der Waals surface area contributed by atoms with Crippen LogP contribution >= 0.6 is 11.8 Å². The molecule has 1 aliphatic rings. The summed E-state index contributed by atoms with van der Waals surface area (Å²) in [5.74, 6) is 1.88. The standard InChI is InChI=1S/C13H18FNS.C2H6/c14-12-1-3-13(4-2-12)16-10-7-11-5-8-15-9-6-11;1-2/h1-4,11,15H,5-10H2;1-2H3. The summed E-state index contributed by atoms with van der Waals surface area (Å²) in [4.78, 5) is 1.18. The molecule has 3 heteroatoms. The monoisotopic (exact) mass is 269 g/mol. The fourth-order valence-electron chi connectivity index (χ4n) is 2.04. The van der Waals surface area contributed by atoms with Gasteiger partial charge in [0, 0.05) is 4.90 Å². The minimum absolute atomic E-state index is 0.150. The molecule has 0 aromatic heterocycles. The Morgan fingerprint density at radius 1 is 1.17 bits per heavy atom. The maximum absolute atomic E-state index is 12.7. The van der Waals surface area contributed by atoms with Crippen LogP contribution in [0.3, 0.4) is 0 Å². The number of piperidine rings is 1. The van der Waals surface area contributed by atoms with Crippen LogP contribution in [0.15, 0.2) is 29.2 Å². The summed E-state index contributed by atoms with van der Waals surface area (Å²) in [7, 11) is 0. The second kappa shape index (κ2) is 9.40. The van der Waals surface area contributed by atoms with Gasteiger partial charge in [0.2, 0.25) is 0 Å². The van der Waals surface area contributed by atoms with Gasteiger partial charge < -0.3 is 5.32 Å². The van der Waals surface area contributed by atoms with E-state index in [1.807, 2.05) is 37.7 Å². The molecule has 1 fully saturated rings. The highest BCUT2D eigenvalue weighted by Gasteiger charge is 2.12. The zero-order valence-electron chi connectivity index (χ0n) is 11.4. The number of benzene rings is 1. The summed E-state index contributed by atoms with van der Waals surface area (Å²) in [6, 6.07) is 6.80. The van der Waals surface area contributed by atoms with Crippen molar-refractivity contribution in [2.24, 2.45) is 5.92 Å². The van der Waals surface area contributed by atoms with Crippen molar-refractivity contribution in [1.29, 1.82) is 0 Å². The largest absolute Gasteiger partial charge is 0.317 e. The Labute approximate surface area is 115 Å². The van der Waals surface area contributed by atoms with Gasteiger partial charge in [0.05, 0.1) is 0 Å². The van der Waals surface area contributed by atoms with Crippen LogP contribution in [-0.2, 0) is 0 Å². The molecule has 1 aromatic carbocycles. The van der Waals surface area contributed by atoms with E-state index in [0.29, 0.717) is 0 Å². The first-order valence-electron chi connectivity index (χ1n) is 6.94. The molecule has 0 atom stereocenters. The normalized spacial score (nSPS) is 15.9. The lowest BCUT2D eigenvalue weighted by Crippen LogP contribution is -2.27. The van der Waals surface area contributed by atoms with Crippen molar-refractivity contribution in [2.45, 2.75) is 38.0 Å². The molecular formula is C15H24FNS. The first-order chi connectivity index (χ1) is 8.84. The van der Waals surface area contributed by atoms with E-state index in [0.717, 1.165) is 11.7 Å². The summed E-state index contributed by atoms with van der Waals surface area (Å²) in [5, 5.41) is 3.38. The van der Waals surface area contributed by atoms with Crippen LogP contribution in [0.25, 0.3) is 0 Å². The third-order valence-electron chi connectivity index (χ3n) is 3.07. The van der Waals surface area contributed by atoms with Gasteiger partial charge >= 0.3 is 0 Å². The van der Waals surface area contributed by atoms with Crippen LogP contribution in [-0.4, -0.2) is 18.8 Å². The number of halogens is 1. The molecule has 0 amide bonds. The second-order valence-electron chi connectivity index (χ2n) is 4.28. The fourth-order valence-corrected chi connectivity index (χ4v) is 3.06. The lowest BCUT2D eigenvalue weighted by Gasteiger charge is -2.22. The summed E-state index contributed by atoms with van der Waals surface area (Å²) < 4.78 is 12.7. The van der Waals surface area contributed by atoms with Crippen molar-refractivity contribution in [1.82, 2.24) is 5.32 Å². The van der Waals surface area contributed by atoms with Gasteiger partial charge in [-0.05, 0) is 68.3 Å². The van der Waals surface area contributed by atoms with E-state index in [1.165, 1.54) is 49.4 Å². The summed E-state index contributed by atoms with van der Waals surface area (Å²) in [6.07, 6.45) is 3.90. The van der Waals surface area contributed by atoms with Gasteiger partial charge in [0.25, 0.3) is 0 Å². The average molecular weight is 269 g/mol. The SMILES string of the molecule is CC.Fc1ccc(SCCC2CCNCC2)cc1. The highest BCUT2D eigenvalue weighted by atomic mass is 32.2. The molecule has 0 spiro atoms. The number of hydrogen-bond acceptors (Lipinski definition) is 2. The molecule has 1 N–H and O–H groups in total. The van der Waals surface area contributed by atoms with Crippen molar-refractivity contribution >= 4 is 11.8 Å². The quantitative estimate of drug-likeness (QED) is 0.816. The second-order valence-corrected chi connectivity index (χ2v) is 5.45. The van der Waals surface area contributed by atoms with Gasteiger partial charge in [-0.15, -0.1) is 11.8 Å². The van der Waals surface area contributed by atoms with E-state index in [1.54, 1.807) is 0 Å². The van der Waals surface area contributed by atoms with Gasteiger partial charge in [0.15, 0.2) is 0 Å². The fraction of sp³-hybridized carbons (Fsp3) is 0.600. The maximum Gasteiger partial charge on any atom is 0.123 e. The Hall–Kier alpha value is -0.540. The van der Waals surface area contributed by atoms with Crippen molar-refractivity contribution in [2.75, 3.05) is 18.8 Å². The van der Waals surface area contributed by atoms with Gasteiger partial charge in [-0.2, -0.15) is 0 Å². The number of rotatable bonds is 4. The lowest BCUT2D eigenvalue weighted by molar-refractivity contribution is 0.367. The van der Waals surface area contributed by atoms with Crippen LogP contribution in [0.2, 0.25) is 0 Å². The maximum atomic E-state index is 12.7. The molecule has 1 aromatic rings. The smallest absolute Gasteiger partial charge is 0.123 e. The molecule has 2 rings (SSSR count). The van der Waals surface area contributed by atoms with E-state index < -0.39 is 0 Å². The van der Waals surface area contributed by atoms with E-state index in [9.17, 15) is 4.39 Å². The first-order valence-corrected chi connectivity index (χ1v) is 7.92. The average Bonchev–Trinajstić information content (AvgIpc) is 2.44. The lowest BCUT2D eigenvalue weighted by atomic mass is 9.96. The topological polar surface area (TPSA) is 12.0 Å². The van der Waals surface area contributed by atoms with Crippen molar-refractivity contribution in [3.8, 4) is 0 Å². The van der Waals surface area contributed by atoms with E-state index in [-0.39, 0.29) is 5.82 Å². The molecule has 0 aliphatic carbocycles. The number of hydrogen-bond donors (Lipinski definition) is 1. The Morgan fingerprint density at radius 2 is 1.78 bits per heavy atom. The summed E-state index contributed by atoms with van der Waals surface area (Å²) in [6.45, 7) is 6.35. The minimum atomic E-state index is -0.150. The summed E-state index contributed by atoms with van der Waals surface area (Å²) in [5.41, 5.74) is 0. The first kappa shape index (κ1) is 15.5. The minimum Gasteiger partial charge on any atom is -0.317 e. The molecule has 1 aliphatic heterocycles. The highest BCUT2D eigenvalue weighted by Crippen LogP contribution is 2.23. The molecule has 102 valence electrons. The number of nitrogens with one attached hydrogen (secondary N) is 1. The van der Waals surface area contributed by atoms with Crippen molar-refractivity contribution < 1.29 is 4.39 Å². The molecule has 1 nitrogen and oxygen atoms in total. The molecule has 0 radical (unpaired) electrons. The molecule has 18 heavy (non-hydrogen) atoms. The van der Waals surface area contributed by atoms with E-state index >= 15 is 0 Å². The summed E-state index contributed by atoms with van der Waals surface area (Å²) >= 11 is 1.84. The highest BCUT2D eigenvalue weighted by molar-refractivity contribution is 7.99. The van der Waals surface area contributed by atoms with E-state index in [4.69, 9.17) is 0 Å². The van der Waals surface area contributed by atoms with Crippen LogP contribution in [0.5, 0.6) is 0 Å². The molecule has 0 unspecified atom stereocenters. The Morgan fingerprint density at radius 3 is 2.39 bits per heavy atom. The third-order valence-corrected chi connectivity index (χ3v) is 4.11. The van der Waals surface area contributed by atoms with Gasteiger partial charge in [0.1, 0.15) is 5.82 Å². The molecule has 0 saturated carbocycles. The Bertz CT molecular complexity index is 307. The van der Waals surface area contributed by atoms with Gasteiger partial charge in [-0.3, -0.25) is 0 Å². The zero-order chi connectivity index (χ0) is 13.2.